The van der Waals surface area contributed by atoms with Gasteiger partial charge in [-0.05, 0) is 28.1 Å². The van der Waals surface area contributed by atoms with E-state index in [2.05, 4.69) is 25.6 Å². The van der Waals surface area contributed by atoms with Crippen LogP contribution in [0.5, 0.6) is 0 Å². The van der Waals surface area contributed by atoms with Crippen molar-refractivity contribution in [2.45, 2.75) is 0 Å². The molecule has 0 unspecified atom stereocenters. The monoisotopic (exact) mass is 342 g/mol. The molecule has 1 rings (SSSR count). The third-order valence-electron chi connectivity index (χ3n) is 1.73. The highest BCUT2D eigenvalue weighted by molar-refractivity contribution is 9.10. The molecule has 17 heavy (non-hydrogen) atoms. The van der Waals surface area contributed by atoms with Crippen molar-refractivity contribution in [3.05, 3.63) is 22.8 Å². The molecule has 1 heterocycles. The van der Waals surface area contributed by atoms with E-state index in [1.807, 2.05) is 0 Å². The fraction of sp³-hybridized carbons (Fsp3) is 0.375. The van der Waals surface area contributed by atoms with Crippen LogP contribution in [0.15, 0.2) is 22.8 Å². The summed E-state index contributed by atoms with van der Waals surface area (Å²) in [4.78, 5) is 3.82. The Morgan fingerprint density at radius 2 is 1.94 bits per heavy atom. The molecule has 1 N–H and O–H groups in total. The zero-order valence-electron chi connectivity index (χ0n) is 8.92. The first-order chi connectivity index (χ1) is 7.70. The molecule has 1 aromatic rings. The predicted molar refractivity (Wildman–Crippen MR) is 69.1 cm³/mol. The molecule has 0 aromatic carbocycles. The summed E-state index contributed by atoms with van der Waals surface area (Å²) in [5.41, 5.74) is 0. The van der Waals surface area contributed by atoms with E-state index in [1.165, 1.54) is 6.20 Å². The van der Waals surface area contributed by atoms with E-state index in [-0.39, 0.29) is 5.82 Å². The summed E-state index contributed by atoms with van der Waals surface area (Å²) in [5.74, 6) is -0.775. The molecule has 0 bridgehead atoms. The highest BCUT2D eigenvalue weighted by Gasteiger charge is 2.16. The van der Waals surface area contributed by atoms with Gasteiger partial charge in [0.25, 0.3) is 0 Å². The highest BCUT2D eigenvalue weighted by Crippen LogP contribution is 2.19. The van der Waals surface area contributed by atoms with Crippen molar-refractivity contribution >= 4 is 41.6 Å². The Kier molecular flexibility index (Phi) is 4.50. The maximum Gasteiger partial charge on any atom is 0.234 e. The SMILES string of the molecule is CS(=O)(=O)CCS(=O)(=O)Nc1ncccc1Br. The van der Waals surface area contributed by atoms with Crippen molar-refractivity contribution < 1.29 is 16.8 Å². The Morgan fingerprint density at radius 1 is 1.29 bits per heavy atom. The van der Waals surface area contributed by atoms with Gasteiger partial charge in [0, 0.05) is 12.5 Å². The van der Waals surface area contributed by atoms with Gasteiger partial charge in [-0.25, -0.2) is 21.8 Å². The minimum absolute atomic E-state index is 0.140. The van der Waals surface area contributed by atoms with Gasteiger partial charge in [0.1, 0.15) is 9.84 Å². The Morgan fingerprint density at radius 3 is 2.47 bits per heavy atom. The van der Waals surface area contributed by atoms with E-state index in [9.17, 15) is 16.8 Å². The molecule has 0 fully saturated rings. The number of aromatic nitrogens is 1. The van der Waals surface area contributed by atoms with Gasteiger partial charge in [0.05, 0.1) is 16.0 Å². The van der Waals surface area contributed by atoms with Crippen LogP contribution in [0.4, 0.5) is 5.82 Å². The molecule has 0 atom stereocenters. The normalized spacial score (nSPS) is 12.4. The quantitative estimate of drug-likeness (QED) is 0.846. The molecule has 9 heteroatoms. The molecule has 1 aromatic heterocycles. The molecule has 0 spiro atoms. The summed E-state index contributed by atoms with van der Waals surface area (Å²) in [6, 6.07) is 3.26. The number of pyridine rings is 1. The summed E-state index contributed by atoms with van der Waals surface area (Å²) in [7, 11) is -7.02. The molecular formula is C8H11BrN2O4S2. The molecule has 0 amide bonds. The second-order valence-electron chi connectivity index (χ2n) is 3.38. The van der Waals surface area contributed by atoms with Crippen LogP contribution in [0.2, 0.25) is 0 Å². The second kappa shape index (κ2) is 5.32. The number of hydrogen-bond donors (Lipinski definition) is 1. The lowest BCUT2D eigenvalue weighted by Crippen LogP contribution is -2.23. The number of sulfonamides is 1. The average molecular weight is 343 g/mol. The number of hydrogen-bond acceptors (Lipinski definition) is 5. The smallest absolute Gasteiger partial charge is 0.234 e. The number of nitrogens with zero attached hydrogens (tertiary/aromatic N) is 1. The first kappa shape index (κ1) is 14.4. The third-order valence-corrected chi connectivity index (χ3v) is 4.82. The minimum Gasteiger partial charge on any atom is -0.266 e. The molecule has 6 nitrogen and oxygen atoms in total. The molecule has 0 saturated carbocycles. The van der Waals surface area contributed by atoms with Crippen LogP contribution in [-0.2, 0) is 19.9 Å². The standard InChI is InChI=1S/C8H11BrN2O4S2/c1-16(12,13)5-6-17(14,15)11-8-7(9)3-2-4-10-8/h2-4H,5-6H2,1H3,(H,10,11). The Hall–Kier alpha value is -0.670. The van der Waals surface area contributed by atoms with Crippen LogP contribution >= 0.6 is 15.9 Å². The average Bonchev–Trinajstić information content (AvgIpc) is 2.18. The summed E-state index contributed by atoms with van der Waals surface area (Å²) >= 11 is 3.13. The topological polar surface area (TPSA) is 93.2 Å². The van der Waals surface area contributed by atoms with Gasteiger partial charge in [0.15, 0.2) is 5.82 Å². The predicted octanol–water partition coefficient (Wildman–Crippen LogP) is 0.630. The maximum absolute atomic E-state index is 11.6. The lowest BCUT2D eigenvalue weighted by molar-refractivity contribution is 0.593. The molecular weight excluding hydrogens is 332 g/mol. The second-order valence-corrected chi connectivity index (χ2v) is 8.34. The van der Waals surface area contributed by atoms with Crippen LogP contribution in [-0.4, -0.2) is 39.6 Å². The van der Waals surface area contributed by atoms with Crippen LogP contribution in [0.25, 0.3) is 0 Å². The van der Waals surface area contributed by atoms with Crippen LogP contribution in [0.3, 0.4) is 0 Å². The number of anilines is 1. The minimum atomic E-state index is -3.71. The molecule has 96 valence electrons. The van der Waals surface area contributed by atoms with E-state index >= 15 is 0 Å². The zero-order valence-corrected chi connectivity index (χ0v) is 12.1. The van der Waals surface area contributed by atoms with Gasteiger partial charge in [-0.2, -0.15) is 0 Å². The van der Waals surface area contributed by atoms with Crippen molar-refractivity contribution in [3.8, 4) is 0 Å². The van der Waals surface area contributed by atoms with Crippen LogP contribution in [0.1, 0.15) is 0 Å². The van der Waals surface area contributed by atoms with Crippen molar-refractivity contribution in [1.29, 1.82) is 0 Å². The van der Waals surface area contributed by atoms with E-state index in [0.717, 1.165) is 6.26 Å². The van der Waals surface area contributed by atoms with E-state index in [1.54, 1.807) is 12.1 Å². The number of rotatable bonds is 5. The van der Waals surface area contributed by atoms with E-state index in [0.29, 0.717) is 4.47 Å². The molecule has 0 aliphatic heterocycles. The molecule has 0 saturated heterocycles. The molecule has 0 aliphatic rings. The van der Waals surface area contributed by atoms with Gasteiger partial charge in [-0.15, -0.1) is 0 Å². The van der Waals surface area contributed by atoms with E-state index in [4.69, 9.17) is 0 Å². The zero-order chi connectivity index (χ0) is 13.1. The third kappa shape index (κ3) is 5.46. The summed E-state index contributed by atoms with van der Waals surface area (Å²) in [6.45, 7) is 0. The van der Waals surface area contributed by atoms with E-state index < -0.39 is 31.4 Å². The fourth-order valence-corrected chi connectivity index (χ4v) is 4.05. The van der Waals surface area contributed by atoms with Crippen molar-refractivity contribution in [2.75, 3.05) is 22.5 Å². The van der Waals surface area contributed by atoms with Crippen LogP contribution < -0.4 is 4.72 Å². The Labute approximate surface area is 109 Å². The maximum atomic E-state index is 11.6. The number of halogens is 1. The Bertz CT molecular complexity index is 598. The Balaban J connectivity index is 2.78. The number of sulfone groups is 1. The number of nitrogens with one attached hydrogen (secondary N) is 1. The van der Waals surface area contributed by atoms with Crippen molar-refractivity contribution in [3.63, 3.8) is 0 Å². The summed E-state index contributed by atoms with van der Waals surface area (Å²) in [6.07, 6.45) is 2.42. The van der Waals surface area contributed by atoms with Gasteiger partial charge < -0.3 is 0 Å². The largest absolute Gasteiger partial charge is 0.266 e. The van der Waals surface area contributed by atoms with Gasteiger partial charge in [-0.3, -0.25) is 4.72 Å². The van der Waals surface area contributed by atoms with Gasteiger partial charge in [0.2, 0.25) is 10.0 Å². The first-order valence-electron chi connectivity index (χ1n) is 4.48. The summed E-state index contributed by atoms with van der Waals surface area (Å²) in [5, 5.41) is 0. The van der Waals surface area contributed by atoms with Gasteiger partial charge >= 0.3 is 0 Å². The van der Waals surface area contributed by atoms with Crippen molar-refractivity contribution in [2.24, 2.45) is 0 Å². The lowest BCUT2D eigenvalue weighted by atomic mass is 10.5. The van der Waals surface area contributed by atoms with Crippen molar-refractivity contribution in [1.82, 2.24) is 4.98 Å². The molecule has 0 aliphatic carbocycles. The summed E-state index contributed by atoms with van der Waals surface area (Å²) < 4.78 is 47.6. The highest BCUT2D eigenvalue weighted by atomic mass is 79.9. The van der Waals surface area contributed by atoms with Crippen LogP contribution in [0, 0.1) is 0 Å². The fourth-order valence-electron chi connectivity index (χ4n) is 0.920. The first-order valence-corrected chi connectivity index (χ1v) is 8.99. The lowest BCUT2D eigenvalue weighted by Gasteiger charge is -2.07. The molecule has 0 radical (unpaired) electrons. The van der Waals surface area contributed by atoms with Gasteiger partial charge in [-0.1, -0.05) is 0 Å².